The van der Waals surface area contributed by atoms with Crippen LogP contribution in [-0.2, 0) is 10.3 Å². The van der Waals surface area contributed by atoms with Gasteiger partial charge in [0.2, 0.25) is 11.8 Å². The van der Waals surface area contributed by atoms with Crippen LogP contribution in [0.2, 0.25) is 0 Å². The number of benzene rings is 4. The van der Waals surface area contributed by atoms with Crippen molar-refractivity contribution >= 4 is 55.7 Å². The normalized spacial score (nSPS) is 10.4. The Balaban J connectivity index is 0.000000200. The number of hydrogen-bond acceptors (Lipinski definition) is 4. The summed E-state index contributed by atoms with van der Waals surface area (Å²) in [6.07, 6.45) is 0. The van der Waals surface area contributed by atoms with Gasteiger partial charge in [0.25, 0.3) is 0 Å². The molecule has 0 saturated heterocycles. The summed E-state index contributed by atoms with van der Waals surface area (Å²) in [7, 11) is 0. The second-order valence-corrected chi connectivity index (χ2v) is 9.46. The van der Waals surface area contributed by atoms with E-state index in [1.807, 2.05) is 44.2 Å². The molecule has 0 radical (unpaired) electrons. The second-order valence-electron chi connectivity index (χ2n) is 8.43. The van der Waals surface area contributed by atoms with Crippen molar-refractivity contribution in [2.75, 3.05) is 0 Å². The minimum Gasteiger partial charge on any atom is -1.00 e. The standard InChI is InChI=1S/C15H12ClNO.C15H12INO.HI.Na/c2*1-10-14(9-16)17-15(18-10)13-7-6-11-4-2-3-5-12(11)8-13;;/h2*2-8H,9H2,1H3;1H;/q;;;+1/p-1. The zero-order valence-corrected chi connectivity index (χ0v) is 28.4. The summed E-state index contributed by atoms with van der Waals surface area (Å²) < 4.78 is 12.2. The molecule has 0 aliphatic heterocycles. The molecule has 0 bridgehead atoms. The zero-order chi connectivity index (χ0) is 25.1. The maximum atomic E-state index is 5.81. The van der Waals surface area contributed by atoms with Crippen LogP contribution in [0, 0.1) is 13.8 Å². The van der Waals surface area contributed by atoms with Crippen LogP contribution in [0.15, 0.2) is 93.8 Å². The maximum Gasteiger partial charge on any atom is 1.00 e. The van der Waals surface area contributed by atoms with Gasteiger partial charge in [0.15, 0.2) is 0 Å². The number of halogens is 3. The fourth-order valence-electron chi connectivity index (χ4n) is 4.00. The molecule has 0 saturated carbocycles. The predicted octanol–water partition coefficient (Wildman–Crippen LogP) is 3.29. The molecule has 0 aliphatic carbocycles. The summed E-state index contributed by atoms with van der Waals surface area (Å²) in [5, 5.41) is 4.83. The van der Waals surface area contributed by atoms with E-state index in [9.17, 15) is 0 Å². The van der Waals surface area contributed by atoms with Crippen molar-refractivity contribution < 1.29 is 62.4 Å². The molecule has 0 fully saturated rings. The number of nitrogens with zero attached hydrogens (tertiary/aromatic N) is 2. The molecular weight excluding hydrogens is 733 g/mol. The number of aryl methyl sites for hydroxylation is 2. The van der Waals surface area contributed by atoms with E-state index in [2.05, 4.69) is 87.2 Å². The van der Waals surface area contributed by atoms with Gasteiger partial charge in [-0.1, -0.05) is 83.3 Å². The molecule has 4 aromatic carbocycles. The summed E-state index contributed by atoms with van der Waals surface area (Å²) in [6, 6.07) is 29.0. The molecule has 0 atom stereocenters. The quantitative estimate of drug-likeness (QED) is 0.158. The minimum absolute atomic E-state index is 0. The van der Waals surface area contributed by atoms with E-state index < -0.39 is 0 Å². The topological polar surface area (TPSA) is 52.1 Å². The predicted molar refractivity (Wildman–Crippen MR) is 156 cm³/mol. The molecule has 0 N–H and O–H groups in total. The molecule has 38 heavy (non-hydrogen) atoms. The molecule has 2 aromatic heterocycles. The summed E-state index contributed by atoms with van der Waals surface area (Å²) in [6.45, 7) is 3.85. The van der Waals surface area contributed by atoms with E-state index in [1.54, 1.807) is 0 Å². The first-order chi connectivity index (χ1) is 17.6. The average Bonchev–Trinajstić information content (AvgIpc) is 3.50. The molecule has 6 aromatic rings. The summed E-state index contributed by atoms with van der Waals surface area (Å²) in [4.78, 5) is 8.94. The monoisotopic (exact) mass is 756 g/mol. The van der Waals surface area contributed by atoms with Crippen LogP contribution in [0.1, 0.15) is 22.9 Å². The van der Waals surface area contributed by atoms with Crippen molar-refractivity contribution in [3.8, 4) is 22.9 Å². The van der Waals surface area contributed by atoms with Crippen molar-refractivity contribution in [3.05, 3.63) is 108 Å². The van der Waals surface area contributed by atoms with Gasteiger partial charge in [-0.05, 0) is 59.7 Å². The van der Waals surface area contributed by atoms with Gasteiger partial charge >= 0.3 is 29.6 Å². The van der Waals surface area contributed by atoms with Crippen molar-refractivity contribution in [2.24, 2.45) is 0 Å². The Hall–Kier alpha value is -1.43. The Morgan fingerprint density at radius 1 is 0.658 bits per heavy atom. The van der Waals surface area contributed by atoms with E-state index in [1.165, 1.54) is 21.5 Å². The first-order valence-electron chi connectivity index (χ1n) is 11.6. The number of hydrogen-bond donors (Lipinski definition) is 0. The van der Waals surface area contributed by atoms with Crippen molar-refractivity contribution in [1.29, 1.82) is 0 Å². The Kier molecular flexibility index (Phi) is 11.7. The minimum atomic E-state index is 0. The number of fused-ring (bicyclic) bond motifs is 2. The third-order valence-corrected chi connectivity index (χ3v) is 7.01. The van der Waals surface area contributed by atoms with Crippen LogP contribution in [0.5, 0.6) is 0 Å². The van der Waals surface area contributed by atoms with Gasteiger partial charge in [0, 0.05) is 15.6 Å². The zero-order valence-electron chi connectivity index (χ0n) is 21.3. The van der Waals surface area contributed by atoms with Crippen molar-refractivity contribution in [3.63, 3.8) is 0 Å². The van der Waals surface area contributed by atoms with Crippen LogP contribution in [0.25, 0.3) is 44.5 Å². The molecule has 8 heteroatoms. The van der Waals surface area contributed by atoms with E-state index in [0.29, 0.717) is 17.7 Å². The first-order valence-corrected chi connectivity index (χ1v) is 13.6. The smallest absolute Gasteiger partial charge is 1.00 e. The molecule has 4 nitrogen and oxygen atoms in total. The number of alkyl halides is 2. The Labute approximate surface area is 280 Å². The number of oxazole rings is 2. The Morgan fingerprint density at radius 3 is 1.47 bits per heavy atom. The number of rotatable bonds is 4. The van der Waals surface area contributed by atoms with Gasteiger partial charge in [-0.15, -0.1) is 11.6 Å². The van der Waals surface area contributed by atoms with Crippen LogP contribution >= 0.6 is 34.2 Å². The summed E-state index contributed by atoms with van der Waals surface area (Å²) >= 11 is 8.11. The molecule has 188 valence electrons. The van der Waals surface area contributed by atoms with E-state index >= 15 is 0 Å². The van der Waals surface area contributed by atoms with Crippen molar-refractivity contribution in [1.82, 2.24) is 9.97 Å². The van der Waals surface area contributed by atoms with Gasteiger partial charge < -0.3 is 32.8 Å². The number of aromatic nitrogens is 2. The SMILES string of the molecule is Cc1oc(-c2ccc3ccccc3c2)nc1CCl.Cc1oc(-c2ccc3ccccc3c2)nc1CI.[I-].[Na+]. The molecule has 0 spiro atoms. The molecular formula is C30H24ClI2N2NaO2. The molecule has 0 amide bonds. The van der Waals surface area contributed by atoms with Gasteiger partial charge in [0.1, 0.15) is 11.5 Å². The molecule has 0 unspecified atom stereocenters. The van der Waals surface area contributed by atoms with E-state index in [4.69, 9.17) is 20.4 Å². The van der Waals surface area contributed by atoms with Crippen LogP contribution < -0.4 is 53.5 Å². The fourth-order valence-corrected chi connectivity index (χ4v) is 4.95. The first kappa shape index (κ1) is 31.1. The summed E-state index contributed by atoms with van der Waals surface area (Å²) in [5.41, 5.74) is 3.85. The van der Waals surface area contributed by atoms with Crippen LogP contribution in [0.4, 0.5) is 0 Å². The maximum absolute atomic E-state index is 5.81. The Morgan fingerprint density at radius 2 is 1.08 bits per heavy atom. The second kappa shape index (κ2) is 14.3. The molecule has 2 heterocycles. The van der Waals surface area contributed by atoms with Gasteiger partial charge in [-0.25, -0.2) is 9.97 Å². The van der Waals surface area contributed by atoms with Crippen LogP contribution in [-0.4, -0.2) is 9.97 Å². The van der Waals surface area contributed by atoms with E-state index in [-0.39, 0.29) is 53.5 Å². The fraction of sp³-hybridized carbons (Fsp3) is 0.133. The average molecular weight is 757 g/mol. The molecule has 0 aliphatic rings. The third-order valence-electron chi connectivity index (χ3n) is 6.03. The van der Waals surface area contributed by atoms with Crippen molar-refractivity contribution in [2.45, 2.75) is 24.2 Å². The Bertz CT molecular complexity index is 1540. The molecule has 6 rings (SSSR count). The van der Waals surface area contributed by atoms with Gasteiger partial charge in [-0.3, -0.25) is 0 Å². The van der Waals surface area contributed by atoms with Gasteiger partial charge in [-0.2, -0.15) is 0 Å². The third kappa shape index (κ3) is 7.01. The van der Waals surface area contributed by atoms with E-state index in [0.717, 1.165) is 38.5 Å². The van der Waals surface area contributed by atoms with Gasteiger partial charge in [0.05, 0.1) is 17.3 Å². The van der Waals surface area contributed by atoms with Crippen LogP contribution in [0.3, 0.4) is 0 Å². The summed E-state index contributed by atoms with van der Waals surface area (Å²) in [5.74, 6) is 3.42. The largest absolute Gasteiger partial charge is 1.00 e.